The standard InChI is InChI=1S/C19H21BrN8O/c20-11-4-6-12(7-5-11)27-28-16-10-25-14-2-1-3-15(17(14)16)26-18(29)13(21)8-9-24-19(22)23/h1-7,10,13,25H,8-9,21H2,(H,26,29)(H4,22,23,24). The Morgan fingerprint density at radius 1 is 1.28 bits per heavy atom. The number of aromatic amines is 1. The molecule has 8 N–H and O–H groups in total. The highest BCUT2D eigenvalue weighted by atomic mass is 79.9. The number of rotatable bonds is 7. The van der Waals surface area contributed by atoms with Gasteiger partial charge in [0, 0.05) is 22.7 Å². The lowest BCUT2D eigenvalue weighted by Gasteiger charge is -2.13. The number of carbonyl (C=O) groups excluding carboxylic acids is 1. The van der Waals surface area contributed by atoms with Gasteiger partial charge in [-0.2, -0.15) is 5.11 Å². The van der Waals surface area contributed by atoms with E-state index in [1.165, 1.54) is 0 Å². The molecule has 1 atom stereocenters. The van der Waals surface area contributed by atoms with Gasteiger partial charge in [-0.1, -0.05) is 22.0 Å². The van der Waals surface area contributed by atoms with Crippen LogP contribution < -0.4 is 22.1 Å². The predicted octanol–water partition coefficient (Wildman–Crippen LogP) is 3.48. The number of nitrogens with one attached hydrogen (secondary N) is 4. The second-order valence-corrected chi connectivity index (χ2v) is 7.19. The summed E-state index contributed by atoms with van der Waals surface area (Å²) >= 11 is 3.39. The van der Waals surface area contributed by atoms with E-state index in [9.17, 15) is 4.79 Å². The second-order valence-electron chi connectivity index (χ2n) is 6.27. The van der Waals surface area contributed by atoms with Crippen molar-refractivity contribution in [2.75, 3.05) is 11.9 Å². The van der Waals surface area contributed by atoms with Crippen molar-refractivity contribution >= 4 is 55.8 Å². The van der Waals surface area contributed by atoms with Crippen molar-refractivity contribution in [3.8, 4) is 0 Å². The molecule has 0 radical (unpaired) electrons. The van der Waals surface area contributed by atoms with Crippen LogP contribution in [0.2, 0.25) is 1.41 Å². The third kappa shape index (κ3) is 5.39. The van der Waals surface area contributed by atoms with Crippen LogP contribution in [-0.4, -0.2) is 29.4 Å². The number of nitrogens with two attached hydrogens (primary N) is 2. The number of aromatic nitrogens is 1. The maximum Gasteiger partial charge on any atom is 0.241 e. The van der Waals surface area contributed by atoms with E-state index < -0.39 is 6.04 Å². The molecule has 0 spiro atoms. The van der Waals surface area contributed by atoms with Crippen molar-refractivity contribution in [2.24, 2.45) is 21.7 Å². The Bertz CT molecular complexity index is 1080. The molecule has 9 nitrogen and oxygen atoms in total. The lowest BCUT2D eigenvalue weighted by Crippen LogP contribution is -2.40. The van der Waals surface area contributed by atoms with E-state index >= 15 is 0 Å². The van der Waals surface area contributed by atoms with Crippen LogP contribution in [0.3, 0.4) is 0 Å². The molecule has 0 aliphatic carbocycles. The second kappa shape index (κ2) is 9.30. The minimum Gasteiger partial charge on any atom is -0.370 e. The zero-order valence-electron chi connectivity index (χ0n) is 16.4. The largest absolute Gasteiger partial charge is 0.370 e. The molecular formula is C19H21BrN8O. The van der Waals surface area contributed by atoms with Gasteiger partial charge in [0.1, 0.15) is 5.69 Å². The number of H-pyrrole nitrogens is 1. The highest BCUT2D eigenvalue weighted by Gasteiger charge is 2.16. The highest BCUT2D eigenvalue weighted by molar-refractivity contribution is 9.10. The zero-order valence-corrected chi connectivity index (χ0v) is 17.0. The Hall–Kier alpha value is -3.24. The number of anilines is 1. The molecular weight excluding hydrogens is 436 g/mol. The molecule has 0 fully saturated rings. The lowest BCUT2D eigenvalue weighted by molar-refractivity contribution is -0.117. The molecule has 1 aromatic heterocycles. The maximum atomic E-state index is 12.5. The molecule has 0 saturated carbocycles. The normalized spacial score (nSPS) is 13.4. The van der Waals surface area contributed by atoms with E-state index in [4.69, 9.17) is 12.9 Å². The van der Waals surface area contributed by atoms with E-state index in [-0.39, 0.29) is 11.9 Å². The number of hydrogen-bond donors (Lipinski definition) is 6. The Balaban J connectivity index is 1.75. The molecule has 10 heteroatoms. The average molecular weight is 457 g/mol. The Kier molecular flexibility index (Phi) is 6.13. The van der Waals surface area contributed by atoms with E-state index in [1.54, 1.807) is 12.3 Å². The number of fused-ring (bicyclic) bond motifs is 1. The summed E-state index contributed by atoms with van der Waals surface area (Å²) < 4.78 is 7.73. The first-order valence-corrected chi connectivity index (χ1v) is 9.62. The molecule has 2 aromatic carbocycles. The van der Waals surface area contributed by atoms with Crippen molar-refractivity contribution < 1.29 is 6.21 Å². The minimum atomic E-state index is -0.766. The summed E-state index contributed by atoms with van der Waals surface area (Å²) in [6, 6.07) is 12.2. The van der Waals surface area contributed by atoms with Crippen LogP contribution in [0.4, 0.5) is 17.1 Å². The summed E-state index contributed by atoms with van der Waals surface area (Å²) in [6.07, 6.45) is 2.05. The summed E-state index contributed by atoms with van der Waals surface area (Å²) in [5.41, 5.74) is 14.1. The van der Waals surface area contributed by atoms with Gasteiger partial charge in [0.25, 0.3) is 0 Å². The van der Waals surface area contributed by atoms with Crippen LogP contribution in [0.5, 0.6) is 0 Å². The van der Waals surface area contributed by atoms with E-state index in [0.717, 1.165) is 15.4 Å². The smallest absolute Gasteiger partial charge is 0.241 e. The molecule has 150 valence electrons. The van der Waals surface area contributed by atoms with Crippen molar-refractivity contribution in [3.05, 3.63) is 53.1 Å². The average Bonchev–Trinajstić information content (AvgIpc) is 3.17. The summed E-state index contributed by atoms with van der Waals surface area (Å²) in [5, 5.41) is 17.9. The number of amides is 1. The van der Waals surface area contributed by atoms with Crippen molar-refractivity contribution in [2.45, 2.75) is 12.5 Å². The Labute approximate surface area is 177 Å². The summed E-state index contributed by atoms with van der Waals surface area (Å²) in [6.45, 7) is 0.323. The van der Waals surface area contributed by atoms with Gasteiger partial charge in [-0.05, 0) is 42.8 Å². The summed E-state index contributed by atoms with van der Waals surface area (Å²) in [7, 11) is 0. The quantitative estimate of drug-likeness (QED) is 0.182. The molecule has 3 aromatic rings. The number of benzene rings is 2. The predicted molar refractivity (Wildman–Crippen MR) is 118 cm³/mol. The van der Waals surface area contributed by atoms with Gasteiger partial charge in [-0.3, -0.25) is 10.2 Å². The van der Waals surface area contributed by atoms with Crippen LogP contribution >= 0.6 is 15.9 Å². The molecule has 0 bridgehead atoms. The van der Waals surface area contributed by atoms with Gasteiger partial charge in [0.15, 0.2) is 7.37 Å². The number of hydrogen-bond acceptors (Lipinski definition) is 5. The van der Waals surface area contributed by atoms with Crippen LogP contribution in [0.25, 0.3) is 10.9 Å². The van der Waals surface area contributed by atoms with Gasteiger partial charge in [0.2, 0.25) is 5.91 Å². The summed E-state index contributed by atoms with van der Waals surface area (Å²) in [5.74, 6) is -0.372. The molecule has 0 aliphatic rings. The van der Waals surface area contributed by atoms with Crippen molar-refractivity contribution in [1.29, 1.82) is 5.40 Å². The molecule has 0 aliphatic heterocycles. The first kappa shape index (κ1) is 19.1. The van der Waals surface area contributed by atoms with Gasteiger partial charge in [-0.25, -0.2) is 0 Å². The highest BCUT2D eigenvalue weighted by Crippen LogP contribution is 2.33. The van der Waals surface area contributed by atoms with Gasteiger partial charge in [0.05, 0.1) is 22.8 Å². The van der Waals surface area contributed by atoms with E-state index in [1.807, 2.05) is 36.4 Å². The Morgan fingerprint density at radius 2 is 2.07 bits per heavy atom. The SMILES string of the molecule is [H]/N=C(\N)NCCC(N)C(=O)Nc1cccc2[nH]cc(N=Nc3ccc(Br)cc3)c12. The minimum absolute atomic E-state index is 0.0273. The van der Waals surface area contributed by atoms with E-state index in [2.05, 4.69) is 47.2 Å². The molecule has 1 amide bonds. The fourth-order valence-corrected chi connectivity index (χ4v) is 2.95. The van der Waals surface area contributed by atoms with Gasteiger partial charge >= 0.3 is 0 Å². The lowest BCUT2D eigenvalue weighted by atomic mass is 10.1. The van der Waals surface area contributed by atoms with Crippen LogP contribution in [0.1, 0.15) is 6.42 Å². The molecule has 1 heterocycles. The topological polar surface area (TPSA) is 158 Å². The fourth-order valence-electron chi connectivity index (χ4n) is 2.68. The number of azo groups is 1. The first-order chi connectivity index (χ1) is 14.5. The Morgan fingerprint density at radius 3 is 2.83 bits per heavy atom. The van der Waals surface area contributed by atoms with Crippen LogP contribution in [0, 0.1) is 5.40 Å². The maximum absolute atomic E-state index is 12.5. The number of carbonyl (C=O) groups is 1. The summed E-state index contributed by atoms with van der Waals surface area (Å²) in [4.78, 5) is 15.6. The first-order valence-electron chi connectivity index (χ1n) is 9.28. The third-order valence-electron chi connectivity index (χ3n) is 4.14. The zero-order chi connectivity index (χ0) is 21.5. The fraction of sp³-hybridized carbons (Fsp3) is 0.158. The number of guanidine groups is 1. The number of nitrogens with zero attached hydrogens (tertiary/aromatic N) is 2. The van der Waals surface area contributed by atoms with Crippen LogP contribution in [-0.2, 0) is 4.79 Å². The van der Waals surface area contributed by atoms with Gasteiger partial charge in [-0.15, -0.1) is 5.11 Å². The van der Waals surface area contributed by atoms with Crippen LogP contribution in [0.15, 0.2) is 63.4 Å². The van der Waals surface area contributed by atoms with Crippen molar-refractivity contribution in [3.63, 3.8) is 0 Å². The third-order valence-corrected chi connectivity index (χ3v) is 4.67. The van der Waals surface area contributed by atoms with Gasteiger partial charge < -0.3 is 27.1 Å². The van der Waals surface area contributed by atoms with Crippen molar-refractivity contribution in [1.82, 2.24) is 10.3 Å². The molecule has 29 heavy (non-hydrogen) atoms. The molecule has 1 unspecified atom stereocenters. The van der Waals surface area contributed by atoms with E-state index in [0.29, 0.717) is 30.0 Å². The molecule has 0 saturated heterocycles. The number of halogens is 1. The monoisotopic (exact) mass is 456 g/mol. The molecule has 3 rings (SSSR count).